The Bertz CT molecular complexity index is 935. The van der Waals surface area contributed by atoms with Crippen molar-refractivity contribution >= 4 is 16.9 Å². The van der Waals surface area contributed by atoms with Crippen LogP contribution in [0.4, 0.5) is 0 Å². The molecule has 3 rings (SSSR count). The molecule has 3 aromatic rings. The lowest BCUT2D eigenvalue weighted by Gasteiger charge is -2.20. The van der Waals surface area contributed by atoms with Crippen molar-refractivity contribution in [2.45, 2.75) is 19.4 Å². The largest absolute Gasteiger partial charge is 0.494 e. The molecule has 7 heteroatoms. The van der Waals surface area contributed by atoms with Crippen molar-refractivity contribution in [1.82, 2.24) is 9.55 Å². The second-order valence-electron chi connectivity index (χ2n) is 5.75. The van der Waals surface area contributed by atoms with Crippen molar-refractivity contribution in [2.75, 3.05) is 13.7 Å². The average Bonchev–Trinajstić information content (AvgIpc) is 2.97. The quantitative estimate of drug-likeness (QED) is 0.675. The Hall–Kier alpha value is -3.22. The fourth-order valence-electron chi connectivity index (χ4n) is 2.99. The molecule has 0 aliphatic carbocycles. The number of benzene rings is 1. The minimum atomic E-state index is -0.979. The van der Waals surface area contributed by atoms with Gasteiger partial charge in [0, 0.05) is 12.4 Å². The van der Waals surface area contributed by atoms with Gasteiger partial charge in [-0.25, -0.2) is 0 Å². The van der Waals surface area contributed by atoms with Crippen LogP contribution in [0.15, 0.2) is 42.7 Å². The van der Waals surface area contributed by atoms with Gasteiger partial charge in [-0.05, 0) is 36.8 Å². The van der Waals surface area contributed by atoms with Crippen LogP contribution in [0.5, 0.6) is 17.4 Å². The molecular weight excluding hydrogens is 336 g/mol. The van der Waals surface area contributed by atoms with Crippen LogP contribution in [0.3, 0.4) is 0 Å². The standard InChI is InChI=1S/C19H20N2O5/c1-3-26-16-7-6-12(9-17(16)25-2)15(10-18(22)23)21-11-14-13(19(21)24)5-4-8-20-14/h4-9,11,15,24H,3,10H2,1-2H3,(H,22,23). The molecule has 0 aliphatic heterocycles. The van der Waals surface area contributed by atoms with Crippen molar-refractivity contribution < 1.29 is 24.5 Å². The molecule has 2 N–H and O–H groups in total. The topological polar surface area (TPSA) is 93.8 Å². The van der Waals surface area contributed by atoms with Gasteiger partial charge >= 0.3 is 5.97 Å². The molecule has 0 radical (unpaired) electrons. The average molecular weight is 356 g/mol. The summed E-state index contributed by atoms with van der Waals surface area (Å²) in [5, 5.41) is 20.5. The van der Waals surface area contributed by atoms with Gasteiger partial charge < -0.3 is 24.3 Å². The molecule has 1 unspecified atom stereocenters. The van der Waals surface area contributed by atoms with Gasteiger partial charge in [-0.2, -0.15) is 0 Å². The molecule has 0 fully saturated rings. The molecule has 1 aromatic carbocycles. The number of aromatic hydroxyl groups is 1. The van der Waals surface area contributed by atoms with E-state index in [0.29, 0.717) is 34.6 Å². The Balaban J connectivity index is 2.11. The van der Waals surface area contributed by atoms with Crippen molar-refractivity contribution in [3.05, 3.63) is 48.3 Å². The molecule has 0 saturated carbocycles. The van der Waals surface area contributed by atoms with Gasteiger partial charge in [0.2, 0.25) is 5.88 Å². The third-order valence-corrected chi connectivity index (χ3v) is 4.16. The van der Waals surface area contributed by atoms with Gasteiger partial charge in [0.15, 0.2) is 11.5 Å². The summed E-state index contributed by atoms with van der Waals surface area (Å²) in [6, 6.07) is 8.09. The number of hydrogen-bond acceptors (Lipinski definition) is 5. The Labute approximate surface area is 150 Å². The summed E-state index contributed by atoms with van der Waals surface area (Å²) in [6.07, 6.45) is 3.07. The molecule has 0 spiro atoms. The van der Waals surface area contributed by atoms with Gasteiger partial charge in [0.1, 0.15) is 0 Å². The van der Waals surface area contributed by atoms with Gasteiger partial charge in [-0.15, -0.1) is 0 Å². The van der Waals surface area contributed by atoms with E-state index in [1.165, 1.54) is 11.7 Å². The van der Waals surface area contributed by atoms with E-state index in [2.05, 4.69) is 4.98 Å². The minimum absolute atomic E-state index is 0.0211. The van der Waals surface area contributed by atoms with E-state index < -0.39 is 12.0 Å². The fraction of sp³-hybridized carbons (Fsp3) is 0.263. The van der Waals surface area contributed by atoms with Crippen molar-refractivity contribution in [1.29, 1.82) is 0 Å². The highest BCUT2D eigenvalue weighted by molar-refractivity contribution is 5.84. The van der Waals surface area contributed by atoms with E-state index in [0.717, 1.165) is 0 Å². The number of carbonyl (C=O) groups is 1. The molecule has 1 atom stereocenters. The highest BCUT2D eigenvalue weighted by Crippen LogP contribution is 2.37. The lowest BCUT2D eigenvalue weighted by Crippen LogP contribution is -2.14. The minimum Gasteiger partial charge on any atom is -0.494 e. The second kappa shape index (κ2) is 7.35. The normalized spacial score (nSPS) is 12.1. The van der Waals surface area contributed by atoms with Gasteiger partial charge in [0.05, 0.1) is 37.1 Å². The molecule has 7 nitrogen and oxygen atoms in total. The molecule has 0 aliphatic rings. The Kier molecular flexibility index (Phi) is 4.97. The van der Waals surface area contributed by atoms with Gasteiger partial charge in [-0.1, -0.05) is 6.07 Å². The number of ether oxygens (including phenoxy) is 2. The number of carboxylic acid groups (broad SMARTS) is 1. The first kappa shape index (κ1) is 17.6. The summed E-state index contributed by atoms with van der Waals surface area (Å²) in [7, 11) is 1.53. The third kappa shape index (κ3) is 3.28. The SMILES string of the molecule is CCOc1ccc(C(CC(=O)O)n2cc3ncccc3c2O)cc1OC. The highest BCUT2D eigenvalue weighted by atomic mass is 16.5. The second-order valence-corrected chi connectivity index (χ2v) is 5.75. The van der Waals surface area contributed by atoms with E-state index in [9.17, 15) is 15.0 Å². The summed E-state index contributed by atoms with van der Waals surface area (Å²) < 4.78 is 12.4. The zero-order chi connectivity index (χ0) is 18.7. The Morgan fingerprint density at radius 3 is 2.77 bits per heavy atom. The molecule has 0 saturated heterocycles. The smallest absolute Gasteiger partial charge is 0.305 e. The zero-order valence-electron chi connectivity index (χ0n) is 14.5. The molecule has 2 heterocycles. The van der Waals surface area contributed by atoms with Crippen LogP contribution >= 0.6 is 0 Å². The van der Waals surface area contributed by atoms with Gasteiger partial charge in [0.25, 0.3) is 0 Å². The van der Waals surface area contributed by atoms with Crippen LogP contribution in [0.1, 0.15) is 24.9 Å². The fourth-order valence-corrected chi connectivity index (χ4v) is 2.99. The van der Waals surface area contributed by atoms with E-state index in [-0.39, 0.29) is 12.3 Å². The van der Waals surface area contributed by atoms with E-state index >= 15 is 0 Å². The summed E-state index contributed by atoms with van der Waals surface area (Å²) >= 11 is 0. The zero-order valence-corrected chi connectivity index (χ0v) is 14.5. The number of pyridine rings is 1. The highest BCUT2D eigenvalue weighted by Gasteiger charge is 2.23. The van der Waals surface area contributed by atoms with E-state index in [1.807, 2.05) is 6.92 Å². The number of hydrogen-bond donors (Lipinski definition) is 2. The number of carboxylic acids is 1. The molecule has 0 bridgehead atoms. The lowest BCUT2D eigenvalue weighted by atomic mass is 10.0. The predicted molar refractivity (Wildman–Crippen MR) is 96.0 cm³/mol. The number of nitrogens with zero attached hydrogens (tertiary/aromatic N) is 2. The maximum Gasteiger partial charge on any atom is 0.305 e. The van der Waals surface area contributed by atoms with E-state index in [1.54, 1.807) is 42.7 Å². The van der Waals surface area contributed by atoms with Crippen LogP contribution < -0.4 is 9.47 Å². The summed E-state index contributed by atoms with van der Waals surface area (Å²) in [6.45, 7) is 2.36. The maximum absolute atomic E-state index is 11.4. The molecular formula is C19H20N2O5. The first-order valence-corrected chi connectivity index (χ1v) is 8.22. The predicted octanol–water partition coefficient (Wildman–Crippen LogP) is 3.21. The first-order chi connectivity index (χ1) is 12.5. The Morgan fingerprint density at radius 1 is 1.31 bits per heavy atom. The number of aliphatic carboxylic acids is 1. The molecule has 26 heavy (non-hydrogen) atoms. The van der Waals surface area contributed by atoms with Crippen molar-refractivity contribution in [2.24, 2.45) is 0 Å². The van der Waals surface area contributed by atoms with Gasteiger partial charge in [-0.3, -0.25) is 9.78 Å². The molecule has 0 amide bonds. The first-order valence-electron chi connectivity index (χ1n) is 8.22. The maximum atomic E-state index is 11.4. The Morgan fingerprint density at radius 2 is 2.12 bits per heavy atom. The van der Waals surface area contributed by atoms with Crippen molar-refractivity contribution in [3.8, 4) is 17.4 Å². The number of aromatic nitrogens is 2. The summed E-state index contributed by atoms with van der Waals surface area (Å²) in [4.78, 5) is 15.7. The van der Waals surface area contributed by atoms with Crippen LogP contribution in [0, 0.1) is 0 Å². The lowest BCUT2D eigenvalue weighted by molar-refractivity contribution is -0.137. The number of rotatable bonds is 7. The van der Waals surface area contributed by atoms with Crippen LogP contribution in [-0.4, -0.2) is 39.5 Å². The molecule has 2 aromatic heterocycles. The molecule has 136 valence electrons. The third-order valence-electron chi connectivity index (χ3n) is 4.16. The number of fused-ring (bicyclic) bond motifs is 1. The van der Waals surface area contributed by atoms with Crippen LogP contribution in [0.25, 0.3) is 10.9 Å². The summed E-state index contributed by atoms with van der Waals surface area (Å²) in [5.74, 6) is 0.0885. The van der Waals surface area contributed by atoms with Crippen molar-refractivity contribution in [3.63, 3.8) is 0 Å². The monoisotopic (exact) mass is 356 g/mol. The number of methoxy groups -OCH3 is 1. The van der Waals surface area contributed by atoms with Crippen LogP contribution in [0.2, 0.25) is 0 Å². The summed E-state index contributed by atoms with van der Waals surface area (Å²) in [5.41, 5.74) is 1.28. The van der Waals surface area contributed by atoms with E-state index in [4.69, 9.17) is 9.47 Å². The van der Waals surface area contributed by atoms with Crippen LogP contribution in [-0.2, 0) is 4.79 Å².